The van der Waals surface area contributed by atoms with Crippen LogP contribution in [-0.2, 0) is 4.74 Å². The largest absolute Gasteiger partial charge is 0.458 e. The van der Waals surface area contributed by atoms with Crippen molar-refractivity contribution in [2.24, 2.45) is 5.92 Å². The van der Waals surface area contributed by atoms with Crippen LogP contribution < -0.4 is 0 Å². The van der Waals surface area contributed by atoms with Gasteiger partial charge in [0.25, 0.3) is 0 Å². The van der Waals surface area contributed by atoms with Gasteiger partial charge in [0.15, 0.2) is 0 Å². The van der Waals surface area contributed by atoms with Gasteiger partial charge in [-0.15, -0.1) is 0 Å². The smallest absolute Gasteiger partial charge is 0.427 e. The quantitative estimate of drug-likeness (QED) is 0.491. The molecule has 2 fully saturated rings. The summed E-state index contributed by atoms with van der Waals surface area (Å²) in [6, 6.07) is 0. The van der Waals surface area contributed by atoms with Gasteiger partial charge in [0.05, 0.1) is 0 Å². The van der Waals surface area contributed by atoms with Crippen LogP contribution in [0.3, 0.4) is 0 Å². The summed E-state index contributed by atoms with van der Waals surface area (Å²) in [4.78, 5) is 0. The molecule has 0 bridgehead atoms. The predicted molar refractivity (Wildman–Crippen MR) is 36.4 cm³/mol. The third kappa shape index (κ3) is 0.728. The molecule has 1 saturated carbocycles. The molecule has 0 aromatic carbocycles. The molecule has 0 amide bonds. The molecule has 0 aromatic heterocycles. The molecular formula is C6H11BO3. The molecule has 1 saturated heterocycles. The Balaban J connectivity index is 2.05. The molecule has 56 valence electrons. The number of fused-ring (bicyclic) bond motifs is 1. The minimum atomic E-state index is -1.12. The van der Waals surface area contributed by atoms with Crippen molar-refractivity contribution in [2.45, 2.75) is 18.2 Å². The fourth-order valence-electron chi connectivity index (χ4n) is 1.86. The van der Waals surface area contributed by atoms with Crippen LogP contribution in [0.5, 0.6) is 0 Å². The van der Waals surface area contributed by atoms with E-state index in [9.17, 15) is 0 Å². The first-order chi connectivity index (χ1) is 4.76. The summed E-state index contributed by atoms with van der Waals surface area (Å²) in [7, 11) is -1.12. The molecule has 3 nitrogen and oxygen atoms in total. The maximum atomic E-state index is 8.98. The van der Waals surface area contributed by atoms with E-state index in [0.29, 0.717) is 12.5 Å². The third-order valence-electron chi connectivity index (χ3n) is 2.82. The van der Waals surface area contributed by atoms with E-state index in [-0.39, 0.29) is 5.31 Å². The molecule has 0 unspecified atom stereocenters. The van der Waals surface area contributed by atoms with Crippen molar-refractivity contribution in [1.82, 2.24) is 0 Å². The van der Waals surface area contributed by atoms with Gasteiger partial charge in [-0.2, -0.15) is 0 Å². The van der Waals surface area contributed by atoms with Gasteiger partial charge in [-0.05, 0) is 18.8 Å². The van der Waals surface area contributed by atoms with E-state index in [0.717, 1.165) is 19.4 Å². The Morgan fingerprint density at radius 2 is 2.30 bits per heavy atom. The van der Waals surface area contributed by atoms with E-state index in [1.54, 1.807) is 0 Å². The van der Waals surface area contributed by atoms with Crippen molar-refractivity contribution in [2.75, 3.05) is 13.2 Å². The second-order valence-electron chi connectivity index (χ2n) is 3.33. The summed E-state index contributed by atoms with van der Waals surface area (Å²) >= 11 is 0. The van der Waals surface area contributed by atoms with Gasteiger partial charge in [0, 0.05) is 18.5 Å². The molecule has 1 aliphatic carbocycles. The molecule has 0 radical (unpaired) electrons. The lowest BCUT2D eigenvalue weighted by molar-refractivity contribution is 0.0856. The molecule has 2 aliphatic rings. The topological polar surface area (TPSA) is 49.7 Å². The van der Waals surface area contributed by atoms with Crippen molar-refractivity contribution in [3.8, 4) is 0 Å². The Hall–Kier alpha value is -0.0551. The van der Waals surface area contributed by atoms with Crippen molar-refractivity contribution in [1.29, 1.82) is 0 Å². The van der Waals surface area contributed by atoms with Crippen LogP contribution in [0.4, 0.5) is 0 Å². The van der Waals surface area contributed by atoms with E-state index in [1.165, 1.54) is 0 Å². The molecule has 2 rings (SSSR count). The van der Waals surface area contributed by atoms with Crippen molar-refractivity contribution >= 4 is 7.12 Å². The molecule has 0 aromatic rings. The minimum Gasteiger partial charge on any atom is -0.427 e. The maximum Gasteiger partial charge on any atom is 0.458 e. The highest BCUT2D eigenvalue weighted by atomic mass is 16.5. The lowest BCUT2D eigenvalue weighted by Gasteiger charge is -2.20. The highest BCUT2D eigenvalue weighted by Crippen LogP contribution is 2.65. The average Bonchev–Trinajstić information content (AvgIpc) is 2.61. The minimum absolute atomic E-state index is 0.168. The summed E-state index contributed by atoms with van der Waals surface area (Å²) in [6.45, 7) is 1.41. The van der Waals surface area contributed by atoms with Gasteiger partial charge in [-0.25, -0.2) is 0 Å². The van der Waals surface area contributed by atoms with Gasteiger partial charge < -0.3 is 14.8 Å². The van der Waals surface area contributed by atoms with Crippen LogP contribution in [-0.4, -0.2) is 30.4 Å². The molecule has 1 aliphatic heterocycles. The second kappa shape index (κ2) is 1.97. The van der Waals surface area contributed by atoms with Crippen LogP contribution in [0.2, 0.25) is 5.31 Å². The molecule has 0 spiro atoms. The monoisotopic (exact) mass is 142 g/mol. The predicted octanol–water partition coefficient (Wildman–Crippen LogP) is -0.360. The normalized spacial score (nSPS) is 44.4. The maximum absolute atomic E-state index is 8.98. The van der Waals surface area contributed by atoms with E-state index in [4.69, 9.17) is 14.8 Å². The first-order valence-corrected chi connectivity index (χ1v) is 3.69. The van der Waals surface area contributed by atoms with Gasteiger partial charge in [-0.1, -0.05) is 0 Å². The molecule has 2 N–H and O–H groups in total. The van der Waals surface area contributed by atoms with Gasteiger partial charge >= 0.3 is 7.12 Å². The number of rotatable bonds is 1. The SMILES string of the molecule is OB(O)[C@@]12CCOC[C@@H]1C2. The Labute approximate surface area is 60.1 Å². The van der Waals surface area contributed by atoms with Crippen LogP contribution in [0.1, 0.15) is 12.8 Å². The Kier molecular flexibility index (Phi) is 1.31. The highest BCUT2D eigenvalue weighted by molar-refractivity contribution is 6.47. The molecule has 2 atom stereocenters. The van der Waals surface area contributed by atoms with Crippen LogP contribution in [0, 0.1) is 5.92 Å². The number of hydrogen-bond donors (Lipinski definition) is 2. The van der Waals surface area contributed by atoms with Gasteiger partial charge in [-0.3, -0.25) is 0 Å². The molecule has 4 heteroatoms. The molecule has 1 heterocycles. The van der Waals surface area contributed by atoms with E-state index < -0.39 is 7.12 Å². The van der Waals surface area contributed by atoms with Crippen LogP contribution >= 0.6 is 0 Å². The van der Waals surface area contributed by atoms with E-state index in [1.807, 2.05) is 0 Å². The Morgan fingerprint density at radius 1 is 1.50 bits per heavy atom. The highest BCUT2D eigenvalue weighted by Gasteiger charge is 2.62. The Morgan fingerprint density at radius 3 is 2.80 bits per heavy atom. The summed E-state index contributed by atoms with van der Waals surface area (Å²) in [5.74, 6) is 0.418. The van der Waals surface area contributed by atoms with Crippen LogP contribution in [0.25, 0.3) is 0 Å². The summed E-state index contributed by atoms with van der Waals surface area (Å²) in [5, 5.41) is 17.8. The first-order valence-electron chi connectivity index (χ1n) is 3.69. The zero-order valence-corrected chi connectivity index (χ0v) is 5.79. The third-order valence-corrected chi connectivity index (χ3v) is 2.82. The standard InChI is InChI=1S/C6H11BO3/c8-7(9)6-1-2-10-4-5(6)3-6/h5,8-9H,1-4H2/t5-,6+/m0/s1. The number of ether oxygens (including phenoxy) is 1. The van der Waals surface area contributed by atoms with Gasteiger partial charge in [0.2, 0.25) is 0 Å². The fraction of sp³-hybridized carbons (Fsp3) is 1.00. The molecule has 10 heavy (non-hydrogen) atoms. The Bertz CT molecular complexity index is 150. The first kappa shape index (κ1) is 6.64. The summed E-state index contributed by atoms with van der Waals surface area (Å²) in [5.41, 5.74) is 0. The lowest BCUT2D eigenvalue weighted by atomic mass is 9.65. The lowest BCUT2D eigenvalue weighted by Crippen LogP contribution is -2.28. The van der Waals surface area contributed by atoms with E-state index >= 15 is 0 Å². The zero-order valence-electron chi connectivity index (χ0n) is 5.79. The van der Waals surface area contributed by atoms with Crippen LogP contribution in [0.15, 0.2) is 0 Å². The van der Waals surface area contributed by atoms with E-state index in [2.05, 4.69) is 0 Å². The van der Waals surface area contributed by atoms with Crippen molar-refractivity contribution in [3.05, 3.63) is 0 Å². The van der Waals surface area contributed by atoms with Crippen molar-refractivity contribution < 1.29 is 14.8 Å². The van der Waals surface area contributed by atoms with Crippen molar-refractivity contribution in [3.63, 3.8) is 0 Å². The average molecular weight is 142 g/mol. The fourth-order valence-corrected chi connectivity index (χ4v) is 1.86. The zero-order chi connectivity index (χ0) is 7.19. The number of hydrogen-bond acceptors (Lipinski definition) is 3. The summed E-state index contributed by atoms with van der Waals surface area (Å²) in [6.07, 6.45) is 1.75. The summed E-state index contributed by atoms with van der Waals surface area (Å²) < 4.78 is 5.18. The van der Waals surface area contributed by atoms with Gasteiger partial charge in [0.1, 0.15) is 0 Å². The second-order valence-corrected chi connectivity index (χ2v) is 3.33. The molecular weight excluding hydrogens is 131 g/mol.